The maximum absolute atomic E-state index is 12.8. The molecule has 24 heavy (non-hydrogen) atoms. The van der Waals surface area contributed by atoms with Gasteiger partial charge in [0.2, 0.25) is 0 Å². The van der Waals surface area contributed by atoms with Crippen LogP contribution in [-0.2, 0) is 12.8 Å². The standard InChI is InChI=1S/C20H29N3O/c1-22-18-7-4-8-19(22)14-17(13-18)21-20(24)23-11-9-15-5-2-3-6-16(15)10-12-23/h2-3,5-6,17-19H,4,7-14H2,1H3,(H,21,24)/t18-,19-/m0/s1. The van der Waals surface area contributed by atoms with E-state index < -0.39 is 0 Å². The fraction of sp³-hybridized carbons (Fsp3) is 0.650. The third kappa shape index (κ3) is 3.16. The molecule has 0 unspecified atom stereocenters. The van der Waals surface area contributed by atoms with Crippen molar-refractivity contribution in [3.05, 3.63) is 35.4 Å². The summed E-state index contributed by atoms with van der Waals surface area (Å²) in [5.41, 5.74) is 2.81. The Kier molecular flexibility index (Phi) is 4.49. The highest BCUT2D eigenvalue weighted by atomic mass is 16.2. The van der Waals surface area contributed by atoms with E-state index in [1.807, 2.05) is 4.90 Å². The summed E-state index contributed by atoms with van der Waals surface area (Å²) in [6.45, 7) is 1.67. The predicted octanol–water partition coefficient (Wildman–Crippen LogP) is 2.81. The first-order valence-electron chi connectivity index (χ1n) is 9.55. The number of amides is 2. The minimum atomic E-state index is 0.149. The number of nitrogens with zero attached hydrogens (tertiary/aromatic N) is 2. The molecule has 130 valence electrons. The number of carbonyl (C=O) groups excluding carboxylic acids is 1. The Balaban J connectivity index is 1.35. The molecule has 0 aromatic heterocycles. The highest BCUT2D eigenvalue weighted by molar-refractivity contribution is 5.74. The van der Waals surface area contributed by atoms with Crippen LogP contribution in [-0.4, -0.2) is 54.1 Å². The highest BCUT2D eigenvalue weighted by Crippen LogP contribution is 2.32. The molecule has 4 rings (SSSR count). The molecule has 0 radical (unpaired) electrons. The number of benzene rings is 1. The summed E-state index contributed by atoms with van der Waals surface area (Å²) in [5, 5.41) is 3.35. The third-order valence-corrected chi connectivity index (χ3v) is 6.38. The van der Waals surface area contributed by atoms with Crippen molar-refractivity contribution in [2.75, 3.05) is 20.1 Å². The second-order valence-corrected chi connectivity index (χ2v) is 7.78. The lowest BCUT2D eigenvalue weighted by Gasteiger charge is -2.47. The molecule has 2 fully saturated rings. The first kappa shape index (κ1) is 15.9. The monoisotopic (exact) mass is 327 g/mol. The van der Waals surface area contributed by atoms with Crippen molar-refractivity contribution in [3.8, 4) is 0 Å². The molecule has 3 heterocycles. The van der Waals surface area contributed by atoms with Gasteiger partial charge in [0.05, 0.1) is 0 Å². The molecule has 3 aliphatic heterocycles. The Hall–Kier alpha value is -1.55. The van der Waals surface area contributed by atoms with Gasteiger partial charge in [-0.1, -0.05) is 30.7 Å². The number of piperidine rings is 2. The van der Waals surface area contributed by atoms with Crippen molar-refractivity contribution >= 4 is 6.03 Å². The summed E-state index contributed by atoms with van der Waals surface area (Å²) < 4.78 is 0. The molecule has 4 heteroatoms. The Morgan fingerprint density at radius 3 is 2.21 bits per heavy atom. The largest absolute Gasteiger partial charge is 0.335 e. The van der Waals surface area contributed by atoms with E-state index in [-0.39, 0.29) is 6.03 Å². The zero-order chi connectivity index (χ0) is 16.5. The van der Waals surface area contributed by atoms with Gasteiger partial charge < -0.3 is 15.1 Å². The molecule has 0 aliphatic carbocycles. The normalized spacial score (nSPS) is 30.4. The van der Waals surface area contributed by atoms with Gasteiger partial charge in [-0.2, -0.15) is 0 Å². The number of hydrogen-bond donors (Lipinski definition) is 1. The average Bonchev–Trinajstić information content (AvgIpc) is 2.78. The Morgan fingerprint density at radius 1 is 1.04 bits per heavy atom. The van der Waals surface area contributed by atoms with Gasteiger partial charge in [-0.25, -0.2) is 4.79 Å². The number of carbonyl (C=O) groups is 1. The van der Waals surface area contributed by atoms with E-state index in [2.05, 4.69) is 41.5 Å². The van der Waals surface area contributed by atoms with Crippen LogP contribution >= 0.6 is 0 Å². The van der Waals surface area contributed by atoms with Gasteiger partial charge in [0.15, 0.2) is 0 Å². The van der Waals surface area contributed by atoms with Gasteiger partial charge in [0, 0.05) is 31.2 Å². The summed E-state index contributed by atoms with van der Waals surface area (Å²) >= 11 is 0. The number of urea groups is 1. The Morgan fingerprint density at radius 2 is 1.62 bits per heavy atom. The lowest BCUT2D eigenvalue weighted by Crippen LogP contribution is -2.57. The lowest BCUT2D eigenvalue weighted by molar-refractivity contribution is 0.0495. The fourth-order valence-corrected chi connectivity index (χ4v) is 4.87. The molecule has 4 nitrogen and oxygen atoms in total. The van der Waals surface area contributed by atoms with Crippen LogP contribution in [0.25, 0.3) is 0 Å². The van der Waals surface area contributed by atoms with Crippen LogP contribution in [0, 0.1) is 0 Å². The average molecular weight is 327 g/mol. The van der Waals surface area contributed by atoms with Crippen LogP contribution in [0.2, 0.25) is 0 Å². The molecule has 1 N–H and O–H groups in total. The van der Waals surface area contributed by atoms with Crippen molar-refractivity contribution < 1.29 is 4.79 Å². The summed E-state index contributed by atoms with van der Waals surface area (Å²) in [6.07, 6.45) is 8.12. The molecule has 2 amide bonds. The molecule has 2 saturated heterocycles. The zero-order valence-electron chi connectivity index (χ0n) is 14.7. The van der Waals surface area contributed by atoms with E-state index in [4.69, 9.17) is 0 Å². The minimum Gasteiger partial charge on any atom is -0.335 e. The van der Waals surface area contributed by atoms with E-state index in [1.54, 1.807) is 0 Å². The predicted molar refractivity (Wildman–Crippen MR) is 96.2 cm³/mol. The Bertz CT molecular complexity index is 561. The van der Waals surface area contributed by atoms with Crippen LogP contribution in [0.5, 0.6) is 0 Å². The van der Waals surface area contributed by atoms with Gasteiger partial charge in [0.1, 0.15) is 0 Å². The van der Waals surface area contributed by atoms with Gasteiger partial charge in [-0.05, 0) is 56.7 Å². The van der Waals surface area contributed by atoms with Crippen molar-refractivity contribution in [1.82, 2.24) is 15.1 Å². The summed E-state index contributed by atoms with van der Waals surface area (Å²) in [4.78, 5) is 17.3. The fourth-order valence-electron chi connectivity index (χ4n) is 4.87. The number of nitrogens with one attached hydrogen (secondary N) is 1. The van der Waals surface area contributed by atoms with Crippen LogP contribution in [0.1, 0.15) is 43.2 Å². The van der Waals surface area contributed by atoms with E-state index in [0.717, 1.165) is 38.8 Å². The van der Waals surface area contributed by atoms with Gasteiger partial charge in [-0.3, -0.25) is 0 Å². The second kappa shape index (κ2) is 6.75. The van der Waals surface area contributed by atoms with Crippen LogP contribution in [0.3, 0.4) is 0 Å². The quantitative estimate of drug-likeness (QED) is 0.861. The maximum Gasteiger partial charge on any atom is 0.317 e. The molecular weight excluding hydrogens is 298 g/mol. The maximum atomic E-state index is 12.8. The van der Waals surface area contributed by atoms with Crippen LogP contribution in [0.15, 0.2) is 24.3 Å². The second-order valence-electron chi connectivity index (χ2n) is 7.78. The van der Waals surface area contributed by atoms with Gasteiger partial charge >= 0.3 is 6.03 Å². The van der Waals surface area contributed by atoms with Crippen LogP contribution < -0.4 is 5.32 Å². The van der Waals surface area contributed by atoms with E-state index >= 15 is 0 Å². The number of hydrogen-bond acceptors (Lipinski definition) is 2. The zero-order valence-corrected chi connectivity index (χ0v) is 14.7. The van der Waals surface area contributed by atoms with Crippen molar-refractivity contribution in [2.24, 2.45) is 0 Å². The van der Waals surface area contributed by atoms with E-state index in [9.17, 15) is 4.79 Å². The van der Waals surface area contributed by atoms with E-state index in [1.165, 1.54) is 30.4 Å². The molecule has 3 aliphatic rings. The molecule has 0 spiro atoms. The number of rotatable bonds is 1. The van der Waals surface area contributed by atoms with Crippen molar-refractivity contribution in [3.63, 3.8) is 0 Å². The first-order valence-corrected chi connectivity index (χ1v) is 9.55. The third-order valence-electron chi connectivity index (χ3n) is 6.38. The molecule has 1 aromatic carbocycles. The van der Waals surface area contributed by atoms with Crippen molar-refractivity contribution in [1.29, 1.82) is 0 Å². The minimum absolute atomic E-state index is 0.149. The Labute approximate surface area is 145 Å². The van der Waals surface area contributed by atoms with Crippen molar-refractivity contribution in [2.45, 2.75) is 63.1 Å². The highest BCUT2D eigenvalue weighted by Gasteiger charge is 2.36. The summed E-state index contributed by atoms with van der Waals surface area (Å²) in [6, 6.07) is 10.4. The van der Waals surface area contributed by atoms with Gasteiger partial charge in [0.25, 0.3) is 0 Å². The topological polar surface area (TPSA) is 35.6 Å². The smallest absolute Gasteiger partial charge is 0.317 e. The SMILES string of the molecule is CN1[C@H]2CCC[C@H]1CC(NC(=O)N1CCc3ccccc3CC1)C2. The molecule has 2 bridgehead atoms. The molecule has 0 saturated carbocycles. The van der Waals surface area contributed by atoms with Crippen LogP contribution in [0.4, 0.5) is 4.79 Å². The van der Waals surface area contributed by atoms with Gasteiger partial charge in [-0.15, -0.1) is 0 Å². The number of fused-ring (bicyclic) bond motifs is 3. The summed E-state index contributed by atoms with van der Waals surface area (Å²) in [7, 11) is 2.26. The molecule has 1 aromatic rings. The molecule has 2 atom stereocenters. The van der Waals surface area contributed by atoms with E-state index in [0.29, 0.717) is 18.1 Å². The first-order chi connectivity index (χ1) is 11.7. The lowest BCUT2D eigenvalue weighted by atomic mass is 9.82. The molecular formula is C20H29N3O. The summed E-state index contributed by atoms with van der Waals surface area (Å²) in [5.74, 6) is 0.